The van der Waals surface area contributed by atoms with Crippen LogP contribution in [0, 0.1) is 0 Å². The molecule has 0 aliphatic carbocycles. The molecule has 0 aliphatic heterocycles. The Morgan fingerprint density at radius 1 is 1.21 bits per heavy atom. The quantitative estimate of drug-likeness (QED) is 0.907. The molecule has 0 bridgehead atoms. The number of carboxylic acid groups (broad SMARTS) is 1. The van der Waals surface area contributed by atoms with Gasteiger partial charge in [-0.2, -0.15) is 0 Å². The molecule has 4 nitrogen and oxygen atoms in total. The van der Waals surface area contributed by atoms with Crippen LogP contribution in [0.15, 0.2) is 53.7 Å². The Hall–Kier alpha value is -2.01. The highest BCUT2D eigenvalue weighted by molar-refractivity contribution is 7.85. The van der Waals surface area contributed by atoms with Crippen LogP contribution in [0.25, 0.3) is 0 Å². The van der Waals surface area contributed by atoms with Gasteiger partial charge in [-0.3, -0.25) is 9.19 Å². The first-order chi connectivity index (χ1) is 9.16. The van der Waals surface area contributed by atoms with E-state index in [4.69, 9.17) is 5.11 Å². The normalized spacial score (nSPS) is 12.0. The molecule has 1 aromatic heterocycles. The predicted molar refractivity (Wildman–Crippen MR) is 72.6 cm³/mol. The van der Waals surface area contributed by atoms with Crippen molar-refractivity contribution in [3.8, 4) is 0 Å². The number of nitrogens with zero attached hydrogens (tertiary/aromatic N) is 1. The molecule has 0 spiro atoms. The minimum absolute atomic E-state index is 0.202. The summed E-state index contributed by atoms with van der Waals surface area (Å²) in [7, 11) is -1.13. The lowest BCUT2D eigenvalue weighted by molar-refractivity contribution is 0.0697. The zero-order valence-corrected chi connectivity index (χ0v) is 11.0. The lowest BCUT2D eigenvalue weighted by Crippen LogP contribution is -2.03. The molecule has 0 saturated carbocycles. The van der Waals surface area contributed by atoms with Gasteiger partial charge in [0, 0.05) is 23.0 Å². The van der Waals surface area contributed by atoms with Crippen LogP contribution in [0.1, 0.15) is 15.9 Å². The number of carboxylic acids is 1. The van der Waals surface area contributed by atoms with Gasteiger partial charge in [-0.1, -0.05) is 6.07 Å². The number of hydrogen-bond donors (Lipinski definition) is 1. The Kier molecular flexibility index (Phi) is 4.41. The first-order valence-corrected chi connectivity index (χ1v) is 7.09. The summed E-state index contributed by atoms with van der Waals surface area (Å²) >= 11 is 0. The van der Waals surface area contributed by atoms with Gasteiger partial charge in [0.2, 0.25) is 0 Å². The molecule has 0 aliphatic rings. The number of aromatic nitrogens is 1. The Balaban J connectivity index is 1.98. The van der Waals surface area contributed by atoms with E-state index < -0.39 is 16.8 Å². The molecular weight excluding hydrogens is 262 g/mol. The first kappa shape index (κ1) is 13.4. The molecule has 98 valence electrons. The summed E-state index contributed by atoms with van der Waals surface area (Å²) in [6, 6.07) is 9.93. The smallest absolute Gasteiger partial charge is 0.335 e. The molecule has 1 atom stereocenters. The second kappa shape index (κ2) is 6.24. The van der Waals surface area contributed by atoms with Crippen LogP contribution in [0.2, 0.25) is 0 Å². The summed E-state index contributed by atoms with van der Waals surface area (Å²) in [5.41, 5.74) is 1.24. The summed E-state index contributed by atoms with van der Waals surface area (Å²) in [5, 5.41) is 8.78. The van der Waals surface area contributed by atoms with Crippen LogP contribution in [0.4, 0.5) is 0 Å². The largest absolute Gasteiger partial charge is 0.478 e. The third kappa shape index (κ3) is 3.72. The van der Waals surface area contributed by atoms with E-state index in [2.05, 4.69) is 4.98 Å². The predicted octanol–water partition coefficient (Wildman–Crippen LogP) is 2.13. The second-order valence-electron chi connectivity index (χ2n) is 3.99. The maximum atomic E-state index is 12.0. The number of carbonyl (C=O) groups is 1. The van der Waals surface area contributed by atoms with E-state index in [0.29, 0.717) is 17.1 Å². The molecular formula is C14H13NO3S. The van der Waals surface area contributed by atoms with Gasteiger partial charge in [-0.25, -0.2) is 4.79 Å². The number of rotatable bonds is 5. The van der Waals surface area contributed by atoms with Gasteiger partial charge >= 0.3 is 5.97 Å². The highest BCUT2D eigenvalue weighted by Crippen LogP contribution is 2.10. The summed E-state index contributed by atoms with van der Waals surface area (Å²) in [4.78, 5) is 15.4. The summed E-state index contributed by atoms with van der Waals surface area (Å²) < 4.78 is 12.0. The number of aryl methyl sites for hydroxylation is 1. The standard InChI is InChI=1S/C14H13NO3S/c16-14(17)12-3-5-13(6-4-12)19(18)9-7-11-2-1-8-15-10-11/h1-6,8,10H,7,9H2,(H,16,17). The van der Waals surface area contributed by atoms with Crippen LogP contribution >= 0.6 is 0 Å². The van der Waals surface area contributed by atoms with Crippen LogP contribution in [0.3, 0.4) is 0 Å². The van der Waals surface area contributed by atoms with Crippen molar-refractivity contribution < 1.29 is 14.1 Å². The molecule has 0 amide bonds. The van der Waals surface area contributed by atoms with Crippen molar-refractivity contribution in [2.24, 2.45) is 0 Å². The van der Waals surface area contributed by atoms with Crippen molar-refractivity contribution in [3.63, 3.8) is 0 Å². The fraction of sp³-hybridized carbons (Fsp3) is 0.143. The highest BCUT2D eigenvalue weighted by Gasteiger charge is 2.07. The zero-order valence-electron chi connectivity index (χ0n) is 10.2. The van der Waals surface area contributed by atoms with E-state index in [1.807, 2.05) is 12.1 Å². The van der Waals surface area contributed by atoms with Crippen LogP contribution < -0.4 is 0 Å². The van der Waals surface area contributed by atoms with Crippen molar-refractivity contribution in [2.75, 3.05) is 5.75 Å². The van der Waals surface area contributed by atoms with Crippen molar-refractivity contribution in [3.05, 3.63) is 59.9 Å². The average Bonchev–Trinajstić information content (AvgIpc) is 2.46. The van der Waals surface area contributed by atoms with Gasteiger partial charge in [0.1, 0.15) is 0 Å². The van der Waals surface area contributed by atoms with Crippen LogP contribution in [-0.2, 0) is 17.2 Å². The topological polar surface area (TPSA) is 67.3 Å². The minimum Gasteiger partial charge on any atom is -0.478 e. The summed E-state index contributed by atoms with van der Waals surface area (Å²) in [6.45, 7) is 0. The monoisotopic (exact) mass is 275 g/mol. The summed E-state index contributed by atoms with van der Waals surface area (Å²) in [5.74, 6) is -0.481. The maximum absolute atomic E-state index is 12.0. The molecule has 0 fully saturated rings. The molecule has 1 aromatic carbocycles. The van der Waals surface area contributed by atoms with E-state index in [-0.39, 0.29) is 5.56 Å². The number of aromatic carboxylic acids is 1. The van der Waals surface area contributed by atoms with E-state index >= 15 is 0 Å². The van der Waals surface area contributed by atoms with Crippen LogP contribution in [-0.4, -0.2) is 26.0 Å². The van der Waals surface area contributed by atoms with Gasteiger partial charge in [0.25, 0.3) is 0 Å². The number of pyridine rings is 1. The number of benzene rings is 1. The molecule has 1 heterocycles. The van der Waals surface area contributed by atoms with Gasteiger partial charge in [0.15, 0.2) is 0 Å². The Bertz CT molecular complexity index is 581. The van der Waals surface area contributed by atoms with Gasteiger partial charge in [-0.05, 0) is 42.3 Å². The zero-order chi connectivity index (χ0) is 13.7. The first-order valence-electron chi connectivity index (χ1n) is 5.77. The molecule has 2 aromatic rings. The Labute approximate surface area is 113 Å². The van der Waals surface area contributed by atoms with Crippen molar-refractivity contribution in [2.45, 2.75) is 11.3 Å². The number of hydrogen-bond acceptors (Lipinski definition) is 3. The van der Waals surface area contributed by atoms with E-state index in [9.17, 15) is 9.00 Å². The highest BCUT2D eigenvalue weighted by atomic mass is 32.2. The molecule has 5 heteroatoms. The second-order valence-corrected chi connectivity index (χ2v) is 5.56. The molecule has 2 rings (SSSR count). The van der Waals surface area contributed by atoms with Gasteiger partial charge < -0.3 is 5.11 Å². The van der Waals surface area contributed by atoms with E-state index in [1.54, 1.807) is 24.5 Å². The molecule has 0 radical (unpaired) electrons. The van der Waals surface area contributed by atoms with Gasteiger partial charge in [-0.15, -0.1) is 0 Å². The SMILES string of the molecule is O=C(O)c1ccc(S(=O)CCc2cccnc2)cc1. The fourth-order valence-electron chi connectivity index (χ4n) is 1.62. The summed E-state index contributed by atoms with van der Waals surface area (Å²) in [6.07, 6.45) is 4.14. The molecule has 19 heavy (non-hydrogen) atoms. The lowest BCUT2D eigenvalue weighted by Gasteiger charge is -2.03. The van der Waals surface area contributed by atoms with Crippen molar-refractivity contribution in [1.82, 2.24) is 4.98 Å². The van der Waals surface area contributed by atoms with Gasteiger partial charge in [0.05, 0.1) is 16.4 Å². The van der Waals surface area contributed by atoms with Crippen LogP contribution in [0.5, 0.6) is 0 Å². The fourth-order valence-corrected chi connectivity index (χ4v) is 2.72. The molecule has 0 saturated heterocycles. The van der Waals surface area contributed by atoms with Crippen molar-refractivity contribution in [1.29, 1.82) is 0 Å². The third-order valence-electron chi connectivity index (χ3n) is 2.66. The van der Waals surface area contributed by atoms with E-state index in [1.165, 1.54) is 12.1 Å². The Morgan fingerprint density at radius 3 is 2.53 bits per heavy atom. The maximum Gasteiger partial charge on any atom is 0.335 e. The Morgan fingerprint density at radius 2 is 1.95 bits per heavy atom. The lowest BCUT2D eigenvalue weighted by atomic mass is 10.2. The van der Waals surface area contributed by atoms with Crippen molar-refractivity contribution >= 4 is 16.8 Å². The van der Waals surface area contributed by atoms with E-state index in [0.717, 1.165) is 5.56 Å². The minimum atomic E-state index is -1.13. The average molecular weight is 275 g/mol. The molecule has 1 N–H and O–H groups in total. The third-order valence-corrected chi connectivity index (χ3v) is 4.04. The molecule has 1 unspecified atom stereocenters.